The lowest BCUT2D eigenvalue weighted by molar-refractivity contribution is -0.139. The Morgan fingerprint density at radius 2 is 2.09 bits per heavy atom. The number of amides is 1. The number of carbonyl (C=O) groups is 2. The van der Waals surface area contributed by atoms with Crippen molar-refractivity contribution in [3.8, 4) is 0 Å². The van der Waals surface area contributed by atoms with Crippen LogP contribution in [-0.4, -0.2) is 33.8 Å². The van der Waals surface area contributed by atoms with E-state index < -0.39 is 29.5 Å². The van der Waals surface area contributed by atoms with Crippen molar-refractivity contribution < 1.29 is 23.8 Å². The molecule has 1 amide bonds. The van der Waals surface area contributed by atoms with Crippen LogP contribution in [-0.2, 0) is 16.0 Å². The van der Waals surface area contributed by atoms with Gasteiger partial charge in [-0.15, -0.1) is 0 Å². The fourth-order valence-electron chi connectivity index (χ4n) is 2.21. The van der Waals surface area contributed by atoms with Crippen molar-refractivity contribution >= 4 is 23.0 Å². The Morgan fingerprint density at radius 3 is 2.70 bits per heavy atom. The zero-order chi connectivity index (χ0) is 17.2. The summed E-state index contributed by atoms with van der Waals surface area (Å²) in [4.78, 5) is 25.9. The lowest BCUT2D eigenvalue weighted by atomic mass is 10.1. The minimum absolute atomic E-state index is 0.0119. The topological polar surface area (TPSA) is 91.4 Å². The smallest absolute Gasteiger partial charge is 0.408 e. The lowest BCUT2D eigenvalue weighted by Crippen LogP contribution is -2.44. The first-order valence-corrected chi connectivity index (χ1v) is 7.14. The van der Waals surface area contributed by atoms with Gasteiger partial charge in [0.1, 0.15) is 17.5 Å². The maximum Gasteiger partial charge on any atom is 0.408 e. The highest BCUT2D eigenvalue weighted by Crippen LogP contribution is 2.22. The second-order valence-corrected chi connectivity index (χ2v) is 6.22. The first kappa shape index (κ1) is 16.8. The summed E-state index contributed by atoms with van der Waals surface area (Å²) in [5.41, 5.74) is 0.184. The summed E-state index contributed by atoms with van der Waals surface area (Å²) in [6, 6.07) is 3.38. The Kier molecular flexibility index (Phi) is 4.58. The fourth-order valence-corrected chi connectivity index (χ4v) is 2.21. The summed E-state index contributed by atoms with van der Waals surface area (Å²) in [6.07, 6.45) is 0.745. The summed E-state index contributed by atoms with van der Waals surface area (Å²) in [5, 5.41) is 12.2. The number of ether oxygens (including phenoxy) is 1. The molecule has 1 aromatic carbocycles. The molecule has 6 nitrogen and oxygen atoms in total. The summed E-state index contributed by atoms with van der Waals surface area (Å²) in [5.74, 6) is -1.61. The number of benzene rings is 1. The Balaban J connectivity index is 2.17. The molecule has 1 heterocycles. The largest absolute Gasteiger partial charge is 0.480 e. The monoisotopic (exact) mass is 322 g/mol. The molecule has 0 saturated carbocycles. The second-order valence-electron chi connectivity index (χ2n) is 6.22. The molecule has 0 bridgehead atoms. The molecule has 0 aliphatic rings. The third-order valence-corrected chi connectivity index (χ3v) is 3.16. The van der Waals surface area contributed by atoms with Crippen LogP contribution in [0.2, 0.25) is 0 Å². The SMILES string of the molecule is CC(C)(C)OC(=O)NC(Cc1c[nH]c2c(F)cccc12)C(=O)O. The normalized spacial score (nSPS) is 12.9. The van der Waals surface area contributed by atoms with Gasteiger partial charge in [0, 0.05) is 18.0 Å². The van der Waals surface area contributed by atoms with E-state index in [1.807, 2.05) is 0 Å². The molecule has 7 heteroatoms. The van der Waals surface area contributed by atoms with Gasteiger partial charge >= 0.3 is 12.1 Å². The maximum absolute atomic E-state index is 13.7. The average Bonchev–Trinajstić information content (AvgIpc) is 2.80. The van der Waals surface area contributed by atoms with E-state index >= 15 is 0 Å². The number of hydrogen-bond acceptors (Lipinski definition) is 3. The molecule has 2 rings (SSSR count). The number of carboxylic acids is 1. The molecule has 0 saturated heterocycles. The van der Waals surface area contributed by atoms with E-state index in [9.17, 15) is 19.1 Å². The van der Waals surface area contributed by atoms with Gasteiger partial charge in [0.05, 0.1) is 5.52 Å². The van der Waals surface area contributed by atoms with Crippen molar-refractivity contribution in [1.82, 2.24) is 10.3 Å². The Morgan fingerprint density at radius 1 is 1.39 bits per heavy atom. The molecule has 0 radical (unpaired) electrons. The number of nitrogens with one attached hydrogen (secondary N) is 2. The number of H-pyrrole nitrogens is 1. The van der Waals surface area contributed by atoms with Gasteiger partial charge in [-0.1, -0.05) is 12.1 Å². The molecule has 0 spiro atoms. The number of alkyl carbamates (subject to hydrolysis) is 1. The van der Waals surface area contributed by atoms with E-state index in [-0.39, 0.29) is 6.42 Å². The second kappa shape index (κ2) is 6.28. The van der Waals surface area contributed by atoms with Crippen LogP contribution in [0.5, 0.6) is 0 Å². The number of aromatic amines is 1. The highest BCUT2D eigenvalue weighted by molar-refractivity contribution is 5.86. The molecule has 3 N–H and O–H groups in total. The molecule has 124 valence electrons. The predicted molar refractivity (Wildman–Crippen MR) is 82.8 cm³/mol. The van der Waals surface area contributed by atoms with Crippen molar-refractivity contribution in [3.63, 3.8) is 0 Å². The molecule has 0 aliphatic carbocycles. The van der Waals surface area contributed by atoms with Crippen LogP contribution in [0.3, 0.4) is 0 Å². The number of aromatic nitrogens is 1. The summed E-state index contributed by atoms with van der Waals surface area (Å²) in [7, 11) is 0. The van der Waals surface area contributed by atoms with Gasteiger partial charge in [0.25, 0.3) is 0 Å². The van der Waals surface area contributed by atoms with E-state index in [0.29, 0.717) is 16.5 Å². The molecular formula is C16H19FN2O4. The van der Waals surface area contributed by atoms with Crippen molar-refractivity contribution in [1.29, 1.82) is 0 Å². The molecule has 1 atom stereocenters. The Hall–Kier alpha value is -2.57. The van der Waals surface area contributed by atoms with E-state index in [2.05, 4.69) is 10.3 Å². The number of aliphatic carboxylic acids is 1. The summed E-state index contributed by atoms with van der Waals surface area (Å²) in [6.45, 7) is 5.06. The summed E-state index contributed by atoms with van der Waals surface area (Å²) < 4.78 is 18.7. The number of carbonyl (C=O) groups excluding carboxylic acids is 1. The predicted octanol–water partition coefficient (Wildman–Crippen LogP) is 2.83. The number of rotatable bonds is 4. The number of hydrogen-bond donors (Lipinski definition) is 3. The first-order chi connectivity index (χ1) is 10.7. The highest BCUT2D eigenvalue weighted by Gasteiger charge is 2.25. The fraction of sp³-hybridized carbons (Fsp3) is 0.375. The van der Waals surface area contributed by atoms with Gasteiger partial charge in [-0.25, -0.2) is 14.0 Å². The molecule has 0 aliphatic heterocycles. The van der Waals surface area contributed by atoms with Crippen LogP contribution in [0.4, 0.5) is 9.18 Å². The van der Waals surface area contributed by atoms with Crippen LogP contribution in [0.1, 0.15) is 26.3 Å². The van der Waals surface area contributed by atoms with Crippen molar-refractivity contribution in [2.24, 2.45) is 0 Å². The zero-order valence-corrected chi connectivity index (χ0v) is 13.1. The molecule has 1 unspecified atom stereocenters. The first-order valence-electron chi connectivity index (χ1n) is 7.14. The number of carboxylic acid groups (broad SMARTS) is 1. The van der Waals surface area contributed by atoms with E-state index in [1.54, 1.807) is 39.1 Å². The van der Waals surface area contributed by atoms with Crippen LogP contribution in [0.15, 0.2) is 24.4 Å². The van der Waals surface area contributed by atoms with Gasteiger partial charge in [0.2, 0.25) is 0 Å². The molecular weight excluding hydrogens is 303 g/mol. The molecule has 1 aromatic heterocycles. The van der Waals surface area contributed by atoms with E-state index in [0.717, 1.165) is 0 Å². The zero-order valence-electron chi connectivity index (χ0n) is 13.1. The minimum atomic E-state index is -1.19. The van der Waals surface area contributed by atoms with E-state index in [4.69, 9.17) is 4.74 Å². The quantitative estimate of drug-likeness (QED) is 0.807. The lowest BCUT2D eigenvalue weighted by Gasteiger charge is -2.22. The van der Waals surface area contributed by atoms with Gasteiger partial charge in [-0.05, 0) is 32.4 Å². The third kappa shape index (κ3) is 4.21. The van der Waals surface area contributed by atoms with Crippen molar-refractivity contribution in [2.45, 2.75) is 38.8 Å². The minimum Gasteiger partial charge on any atom is -0.480 e. The van der Waals surface area contributed by atoms with Crippen LogP contribution >= 0.6 is 0 Å². The molecule has 0 fully saturated rings. The van der Waals surface area contributed by atoms with Crippen molar-refractivity contribution in [3.05, 3.63) is 35.8 Å². The van der Waals surface area contributed by atoms with Crippen molar-refractivity contribution in [2.75, 3.05) is 0 Å². The van der Waals surface area contributed by atoms with Crippen LogP contribution in [0.25, 0.3) is 10.9 Å². The van der Waals surface area contributed by atoms with Gasteiger partial charge in [-0.2, -0.15) is 0 Å². The van der Waals surface area contributed by atoms with Crippen LogP contribution < -0.4 is 5.32 Å². The van der Waals surface area contributed by atoms with Gasteiger partial charge < -0.3 is 20.1 Å². The Bertz CT molecular complexity index is 733. The molecule has 2 aromatic rings. The number of halogens is 1. The number of para-hydroxylation sites is 1. The average molecular weight is 322 g/mol. The van der Waals surface area contributed by atoms with E-state index in [1.165, 1.54) is 6.07 Å². The van der Waals surface area contributed by atoms with Gasteiger partial charge in [-0.3, -0.25) is 0 Å². The molecule has 23 heavy (non-hydrogen) atoms. The number of fused-ring (bicyclic) bond motifs is 1. The third-order valence-electron chi connectivity index (χ3n) is 3.16. The standard InChI is InChI=1S/C16H19FN2O4/c1-16(2,3)23-15(22)19-12(14(20)21)7-9-8-18-13-10(9)5-4-6-11(13)17/h4-6,8,12,18H,7H2,1-3H3,(H,19,22)(H,20,21). The Labute approximate surface area is 132 Å². The summed E-state index contributed by atoms with van der Waals surface area (Å²) >= 11 is 0. The van der Waals surface area contributed by atoms with Crippen LogP contribution in [0, 0.1) is 5.82 Å². The van der Waals surface area contributed by atoms with Gasteiger partial charge in [0.15, 0.2) is 0 Å². The maximum atomic E-state index is 13.7. The highest BCUT2D eigenvalue weighted by atomic mass is 19.1.